The minimum atomic E-state index is -1.01. The molecule has 0 radical (unpaired) electrons. The van der Waals surface area contributed by atoms with Crippen LogP contribution in [0, 0.1) is 0 Å². The summed E-state index contributed by atoms with van der Waals surface area (Å²) in [6, 6.07) is 0. The summed E-state index contributed by atoms with van der Waals surface area (Å²) in [6.07, 6.45) is 2.07. The summed E-state index contributed by atoms with van der Waals surface area (Å²) >= 11 is 1.60. The molecular weight excluding hydrogens is 234 g/mol. The fourth-order valence-electron chi connectivity index (χ4n) is 1.34. The molecule has 0 bridgehead atoms. The molecule has 0 spiro atoms. The summed E-state index contributed by atoms with van der Waals surface area (Å²) in [4.78, 5) is 32.0. The van der Waals surface area contributed by atoms with Crippen molar-refractivity contribution in [3.05, 3.63) is 11.8 Å². The number of carbonyl (C=O) groups excluding carboxylic acids is 1. The maximum atomic E-state index is 11.0. The summed E-state index contributed by atoms with van der Waals surface area (Å²) in [5.41, 5.74) is 0.148. The normalized spacial score (nSPS) is 22.1. The molecule has 2 rings (SSSR count). The summed E-state index contributed by atoms with van der Waals surface area (Å²) in [5, 5.41) is 16.2. The predicted octanol–water partition coefficient (Wildman–Crippen LogP) is 0.351. The Balaban J connectivity index is 0.000000280. The maximum Gasteiger partial charge on any atom is 0.352 e. The third-order valence-corrected chi connectivity index (χ3v) is 3.07. The highest BCUT2D eigenvalue weighted by Gasteiger charge is 2.42. The van der Waals surface area contributed by atoms with Gasteiger partial charge in [-0.05, 0) is 6.08 Å². The topological polar surface area (TPSA) is 94.9 Å². The SMILES string of the molecule is CC(=O)O.O=C(O)C1=CCS[C@@H]2CC(=O)N12. The molecule has 7 heteroatoms. The van der Waals surface area contributed by atoms with Gasteiger partial charge in [0.25, 0.3) is 5.97 Å². The number of carbonyl (C=O) groups is 3. The van der Waals surface area contributed by atoms with Crippen molar-refractivity contribution >= 4 is 29.6 Å². The molecule has 0 aromatic rings. The molecule has 1 amide bonds. The maximum absolute atomic E-state index is 11.0. The van der Waals surface area contributed by atoms with E-state index in [0.29, 0.717) is 12.2 Å². The van der Waals surface area contributed by atoms with Gasteiger partial charge in [0.15, 0.2) is 0 Å². The van der Waals surface area contributed by atoms with E-state index >= 15 is 0 Å². The largest absolute Gasteiger partial charge is 0.481 e. The molecule has 0 aromatic carbocycles. The number of thioether (sulfide) groups is 1. The highest BCUT2D eigenvalue weighted by atomic mass is 32.2. The van der Waals surface area contributed by atoms with E-state index in [1.165, 1.54) is 4.90 Å². The summed E-state index contributed by atoms with van der Waals surface area (Å²) in [7, 11) is 0. The van der Waals surface area contributed by atoms with Gasteiger partial charge in [0, 0.05) is 12.7 Å². The molecule has 6 nitrogen and oxygen atoms in total. The molecule has 2 aliphatic heterocycles. The number of amides is 1. The third kappa shape index (κ3) is 2.75. The van der Waals surface area contributed by atoms with Crippen molar-refractivity contribution in [3.63, 3.8) is 0 Å². The van der Waals surface area contributed by atoms with Gasteiger partial charge < -0.3 is 10.2 Å². The molecule has 88 valence electrons. The monoisotopic (exact) mass is 245 g/mol. The van der Waals surface area contributed by atoms with Gasteiger partial charge in [-0.3, -0.25) is 14.5 Å². The van der Waals surface area contributed by atoms with Crippen molar-refractivity contribution in [2.45, 2.75) is 18.7 Å². The van der Waals surface area contributed by atoms with Crippen molar-refractivity contribution in [1.29, 1.82) is 0 Å². The van der Waals surface area contributed by atoms with Crippen LogP contribution in [-0.2, 0) is 14.4 Å². The van der Waals surface area contributed by atoms with Crippen molar-refractivity contribution in [3.8, 4) is 0 Å². The quantitative estimate of drug-likeness (QED) is 0.647. The van der Waals surface area contributed by atoms with Crippen LogP contribution >= 0.6 is 11.8 Å². The zero-order chi connectivity index (χ0) is 12.3. The Hall–Kier alpha value is -1.50. The summed E-state index contributed by atoms with van der Waals surface area (Å²) in [5.74, 6) is -1.23. The molecule has 0 unspecified atom stereocenters. The highest BCUT2D eigenvalue weighted by Crippen LogP contribution is 2.36. The van der Waals surface area contributed by atoms with Crippen LogP contribution in [0.1, 0.15) is 13.3 Å². The van der Waals surface area contributed by atoms with Gasteiger partial charge in [0.2, 0.25) is 5.91 Å². The number of fused-ring (bicyclic) bond motifs is 1. The van der Waals surface area contributed by atoms with E-state index in [4.69, 9.17) is 15.0 Å². The second-order valence-electron chi connectivity index (χ2n) is 3.17. The van der Waals surface area contributed by atoms with E-state index in [1.54, 1.807) is 17.8 Å². The molecular formula is C9H11NO5S. The van der Waals surface area contributed by atoms with Crippen LogP contribution in [0.4, 0.5) is 0 Å². The second kappa shape index (κ2) is 5.02. The Morgan fingerprint density at radius 1 is 1.50 bits per heavy atom. The van der Waals surface area contributed by atoms with Crippen molar-refractivity contribution in [1.82, 2.24) is 4.90 Å². The van der Waals surface area contributed by atoms with Crippen molar-refractivity contribution in [2.24, 2.45) is 0 Å². The Morgan fingerprint density at radius 2 is 2.06 bits per heavy atom. The minimum Gasteiger partial charge on any atom is -0.481 e. The minimum absolute atomic E-state index is 0.0774. The van der Waals surface area contributed by atoms with Gasteiger partial charge in [-0.1, -0.05) is 0 Å². The molecule has 0 aromatic heterocycles. The molecule has 16 heavy (non-hydrogen) atoms. The Kier molecular flexibility index (Phi) is 3.94. The third-order valence-electron chi connectivity index (χ3n) is 1.95. The lowest BCUT2D eigenvalue weighted by molar-refractivity contribution is -0.146. The van der Waals surface area contributed by atoms with Gasteiger partial charge >= 0.3 is 5.97 Å². The zero-order valence-electron chi connectivity index (χ0n) is 8.54. The van der Waals surface area contributed by atoms with Crippen molar-refractivity contribution in [2.75, 3.05) is 5.75 Å². The fourth-order valence-corrected chi connectivity index (χ4v) is 2.45. The summed E-state index contributed by atoms with van der Waals surface area (Å²) in [6.45, 7) is 1.08. The summed E-state index contributed by atoms with van der Waals surface area (Å²) < 4.78 is 0. The van der Waals surface area contributed by atoms with Crippen LogP contribution in [0.2, 0.25) is 0 Å². The molecule has 2 heterocycles. The predicted molar refractivity (Wildman–Crippen MR) is 56.7 cm³/mol. The van der Waals surface area contributed by atoms with E-state index < -0.39 is 11.9 Å². The average Bonchev–Trinajstić information content (AvgIpc) is 2.14. The first-order valence-corrected chi connectivity index (χ1v) is 5.55. The van der Waals surface area contributed by atoms with Gasteiger partial charge in [-0.2, -0.15) is 0 Å². The number of aliphatic carboxylic acids is 2. The Bertz CT molecular complexity index is 361. The van der Waals surface area contributed by atoms with E-state index in [9.17, 15) is 9.59 Å². The van der Waals surface area contributed by atoms with Gasteiger partial charge in [0.05, 0.1) is 11.8 Å². The van der Waals surface area contributed by atoms with Crippen LogP contribution in [0.25, 0.3) is 0 Å². The number of rotatable bonds is 1. The Morgan fingerprint density at radius 3 is 2.44 bits per heavy atom. The van der Waals surface area contributed by atoms with Crippen LogP contribution in [0.5, 0.6) is 0 Å². The number of nitrogens with zero attached hydrogens (tertiary/aromatic N) is 1. The standard InChI is InChI=1S/C7H7NO3S.C2H4O2/c9-5-3-6-8(5)4(7(10)11)1-2-12-6;1-2(3)4/h1,6H,2-3H2,(H,10,11);1H3,(H,3,4)/t6-;/m1./s1. The van der Waals surface area contributed by atoms with Crippen LogP contribution in [-0.4, -0.2) is 44.1 Å². The first kappa shape index (κ1) is 12.6. The van der Waals surface area contributed by atoms with Gasteiger partial charge in [-0.15, -0.1) is 11.8 Å². The van der Waals surface area contributed by atoms with Crippen LogP contribution < -0.4 is 0 Å². The van der Waals surface area contributed by atoms with Crippen LogP contribution in [0.15, 0.2) is 11.8 Å². The fraction of sp³-hybridized carbons (Fsp3) is 0.444. The van der Waals surface area contributed by atoms with Gasteiger partial charge in [-0.25, -0.2) is 4.79 Å². The number of β-lactam (4-membered cyclic amide) rings is 1. The molecule has 2 N–H and O–H groups in total. The molecule has 1 saturated heterocycles. The molecule has 1 atom stereocenters. The lowest BCUT2D eigenvalue weighted by Gasteiger charge is -2.42. The van der Waals surface area contributed by atoms with Gasteiger partial charge in [0.1, 0.15) is 5.70 Å². The van der Waals surface area contributed by atoms with Crippen LogP contribution in [0.3, 0.4) is 0 Å². The first-order valence-electron chi connectivity index (χ1n) is 4.50. The van der Waals surface area contributed by atoms with E-state index in [2.05, 4.69) is 0 Å². The molecule has 2 aliphatic rings. The number of carboxylic acids is 2. The van der Waals surface area contributed by atoms with E-state index in [0.717, 1.165) is 6.92 Å². The van der Waals surface area contributed by atoms with Crippen molar-refractivity contribution < 1.29 is 24.6 Å². The zero-order valence-corrected chi connectivity index (χ0v) is 9.36. The molecule has 1 fully saturated rings. The lowest BCUT2D eigenvalue weighted by atomic mass is 10.1. The first-order chi connectivity index (χ1) is 7.43. The molecule has 0 aliphatic carbocycles. The Labute approximate surface area is 95.9 Å². The van der Waals surface area contributed by atoms with E-state index in [1.807, 2.05) is 0 Å². The molecule has 0 saturated carbocycles. The smallest absolute Gasteiger partial charge is 0.352 e. The number of hydrogen-bond donors (Lipinski definition) is 2. The highest BCUT2D eigenvalue weighted by molar-refractivity contribution is 8.00. The van der Waals surface area contributed by atoms with E-state index in [-0.39, 0.29) is 17.0 Å². The lowest BCUT2D eigenvalue weighted by Crippen LogP contribution is -2.52. The average molecular weight is 245 g/mol. The second-order valence-corrected chi connectivity index (χ2v) is 4.38. The number of hydrogen-bond acceptors (Lipinski definition) is 4. The number of carboxylic acid groups (broad SMARTS) is 2.